The highest BCUT2D eigenvalue weighted by Gasteiger charge is 2.45. The van der Waals surface area contributed by atoms with Crippen molar-refractivity contribution in [3.63, 3.8) is 0 Å². The number of ether oxygens (including phenoxy) is 1. The lowest BCUT2D eigenvalue weighted by Crippen LogP contribution is -2.59. The van der Waals surface area contributed by atoms with Gasteiger partial charge in [0.05, 0.1) is 29.5 Å². The van der Waals surface area contributed by atoms with Crippen molar-refractivity contribution in [1.29, 1.82) is 0 Å². The maximum absolute atomic E-state index is 12.7. The maximum atomic E-state index is 12.7. The number of benzene rings is 2. The van der Waals surface area contributed by atoms with Gasteiger partial charge in [0.2, 0.25) is 0 Å². The highest BCUT2D eigenvalue weighted by molar-refractivity contribution is 6.00. The Hall–Kier alpha value is -2.37. The van der Waals surface area contributed by atoms with Crippen LogP contribution in [0.1, 0.15) is 16.8 Å². The van der Waals surface area contributed by atoms with E-state index in [4.69, 9.17) is 4.74 Å². The second kappa shape index (κ2) is 6.26. The smallest absolute Gasteiger partial charge is 0.253 e. The molecule has 1 atom stereocenters. The second-order valence-corrected chi connectivity index (χ2v) is 6.51. The SMILES string of the molecule is O=C(NC1COC2(CNC2)C1)c1ccccc1Nc1ccccc1. The van der Waals surface area contributed by atoms with Gasteiger partial charge < -0.3 is 20.7 Å². The van der Waals surface area contributed by atoms with E-state index >= 15 is 0 Å². The molecule has 0 aromatic heterocycles. The Morgan fingerprint density at radius 1 is 1.08 bits per heavy atom. The van der Waals surface area contributed by atoms with E-state index in [0.29, 0.717) is 12.2 Å². The number of carbonyl (C=O) groups is 1. The van der Waals surface area contributed by atoms with E-state index in [0.717, 1.165) is 30.9 Å². The van der Waals surface area contributed by atoms with E-state index in [1.165, 1.54) is 0 Å². The summed E-state index contributed by atoms with van der Waals surface area (Å²) in [5.41, 5.74) is 2.36. The monoisotopic (exact) mass is 323 g/mol. The molecule has 0 bridgehead atoms. The second-order valence-electron chi connectivity index (χ2n) is 6.51. The average Bonchev–Trinajstić information content (AvgIpc) is 3.01. The molecule has 2 heterocycles. The first-order valence-electron chi connectivity index (χ1n) is 8.31. The van der Waals surface area contributed by atoms with Crippen molar-refractivity contribution in [1.82, 2.24) is 10.6 Å². The molecule has 5 heteroatoms. The van der Waals surface area contributed by atoms with Crippen molar-refractivity contribution >= 4 is 17.3 Å². The molecule has 2 saturated heterocycles. The van der Waals surface area contributed by atoms with Crippen molar-refractivity contribution in [2.45, 2.75) is 18.1 Å². The number of nitrogens with one attached hydrogen (secondary N) is 3. The van der Waals surface area contributed by atoms with Crippen LogP contribution in [0.15, 0.2) is 54.6 Å². The highest BCUT2D eigenvalue weighted by Crippen LogP contribution is 2.30. The summed E-state index contributed by atoms with van der Waals surface area (Å²) in [5.74, 6) is -0.0630. The zero-order chi connectivity index (χ0) is 16.4. The number of hydrogen-bond acceptors (Lipinski definition) is 4. The van der Waals surface area contributed by atoms with Crippen molar-refractivity contribution in [2.24, 2.45) is 0 Å². The van der Waals surface area contributed by atoms with Gasteiger partial charge in [-0.15, -0.1) is 0 Å². The molecule has 0 radical (unpaired) electrons. The molecule has 1 unspecified atom stereocenters. The van der Waals surface area contributed by atoms with E-state index in [-0.39, 0.29) is 17.6 Å². The summed E-state index contributed by atoms with van der Waals surface area (Å²) in [7, 11) is 0. The molecule has 0 aliphatic carbocycles. The third kappa shape index (κ3) is 3.00. The van der Waals surface area contributed by atoms with Crippen molar-refractivity contribution in [3.8, 4) is 0 Å². The molecule has 1 amide bonds. The summed E-state index contributed by atoms with van der Waals surface area (Å²) in [5, 5.41) is 9.67. The molecule has 2 aliphatic heterocycles. The van der Waals surface area contributed by atoms with E-state index in [1.54, 1.807) is 0 Å². The number of rotatable bonds is 4. The number of anilines is 2. The first kappa shape index (κ1) is 15.2. The Kier molecular flexibility index (Phi) is 3.96. The standard InChI is InChI=1S/C19H21N3O2/c23-18(22-15-10-19(24-11-15)12-20-13-19)16-8-4-5-9-17(16)21-14-6-2-1-3-7-14/h1-9,15,20-21H,10-13H2,(H,22,23). The van der Waals surface area contributed by atoms with Crippen molar-refractivity contribution < 1.29 is 9.53 Å². The minimum Gasteiger partial charge on any atom is -0.370 e. The molecule has 24 heavy (non-hydrogen) atoms. The molecule has 5 nitrogen and oxygen atoms in total. The number of amides is 1. The molecule has 2 aliphatic rings. The van der Waals surface area contributed by atoms with Crippen LogP contribution in [0.3, 0.4) is 0 Å². The lowest BCUT2D eigenvalue weighted by Gasteiger charge is -2.38. The normalized spacial score (nSPS) is 21.2. The summed E-state index contributed by atoms with van der Waals surface area (Å²) < 4.78 is 5.86. The van der Waals surface area contributed by atoms with E-state index in [2.05, 4.69) is 16.0 Å². The van der Waals surface area contributed by atoms with Crippen LogP contribution >= 0.6 is 0 Å². The number of carbonyl (C=O) groups excluding carboxylic acids is 1. The van der Waals surface area contributed by atoms with Gasteiger partial charge in [-0.1, -0.05) is 30.3 Å². The fourth-order valence-electron chi connectivity index (χ4n) is 3.32. The van der Waals surface area contributed by atoms with Crippen LogP contribution < -0.4 is 16.0 Å². The lowest BCUT2D eigenvalue weighted by atomic mass is 9.92. The van der Waals surface area contributed by atoms with Gasteiger partial charge in [-0.25, -0.2) is 0 Å². The van der Waals surface area contributed by atoms with Crippen molar-refractivity contribution in [2.75, 3.05) is 25.0 Å². The van der Waals surface area contributed by atoms with Crippen molar-refractivity contribution in [3.05, 3.63) is 60.2 Å². The topological polar surface area (TPSA) is 62.4 Å². The maximum Gasteiger partial charge on any atom is 0.253 e. The van der Waals surface area contributed by atoms with Gasteiger partial charge >= 0.3 is 0 Å². The van der Waals surface area contributed by atoms with Crippen LogP contribution in [-0.2, 0) is 4.74 Å². The van der Waals surface area contributed by atoms with Crippen LogP contribution in [-0.4, -0.2) is 37.2 Å². The summed E-state index contributed by atoms with van der Waals surface area (Å²) in [4.78, 5) is 12.7. The van der Waals surface area contributed by atoms with Gasteiger partial charge in [-0.2, -0.15) is 0 Å². The first-order valence-corrected chi connectivity index (χ1v) is 8.31. The van der Waals surface area contributed by atoms with Gasteiger partial charge in [0.25, 0.3) is 5.91 Å². The molecule has 2 aromatic rings. The minimum absolute atomic E-state index is 0.0558. The largest absolute Gasteiger partial charge is 0.370 e. The average molecular weight is 323 g/mol. The fraction of sp³-hybridized carbons (Fsp3) is 0.316. The molecular weight excluding hydrogens is 302 g/mol. The van der Waals surface area contributed by atoms with Crippen LogP contribution in [0.5, 0.6) is 0 Å². The summed E-state index contributed by atoms with van der Waals surface area (Å²) in [6.45, 7) is 2.35. The molecule has 1 spiro atoms. The first-order chi connectivity index (χ1) is 11.7. The summed E-state index contributed by atoms with van der Waals surface area (Å²) >= 11 is 0. The third-order valence-electron chi connectivity index (χ3n) is 4.66. The number of para-hydroxylation sites is 2. The third-order valence-corrected chi connectivity index (χ3v) is 4.66. The summed E-state index contributed by atoms with van der Waals surface area (Å²) in [6.07, 6.45) is 0.875. The molecule has 3 N–H and O–H groups in total. The summed E-state index contributed by atoms with van der Waals surface area (Å²) in [6, 6.07) is 17.5. The van der Waals surface area contributed by atoms with Gasteiger partial charge in [0.1, 0.15) is 0 Å². The Morgan fingerprint density at radius 3 is 2.54 bits per heavy atom. The van der Waals surface area contributed by atoms with E-state index in [1.807, 2.05) is 54.6 Å². The number of hydrogen-bond donors (Lipinski definition) is 3. The molecule has 2 fully saturated rings. The molecule has 0 saturated carbocycles. The van der Waals surface area contributed by atoms with Gasteiger partial charge in [0.15, 0.2) is 0 Å². The van der Waals surface area contributed by atoms with Gasteiger partial charge in [-0.05, 0) is 24.3 Å². The van der Waals surface area contributed by atoms with E-state index < -0.39 is 0 Å². The molecular formula is C19H21N3O2. The molecule has 124 valence electrons. The van der Waals surface area contributed by atoms with Gasteiger partial charge in [-0.3, -0.25) is 4.79 Å². The predicted molar refractivity (Wildman–Crippen MR) is 93.6 cm³/mol. The van der Waals surface area contributed by atoms with Crippen LogP contribution in [0, 0.1) is 0 Å². The Labute approximate surface area is 141 Å². The Morgan fingerprint density at radius 2 is 1.83 bits per heavy atom. The Balaban J connectivity index is 1.46. The quantitative estimate of drug-likeness (QED) is 0.808. The van der Waals surface area contributed by atoms with Crippen LogP contribution in [0.2, 0.25) is 0 Å². The van der Waals surface area contributed by atoms with Crippen LogP contribution in [0.25, 0.3) is 0 Å². The molecule has 4 rings (SSSR count). The molecule has 2 aromatic carbocycles. The highest BCUT2D eigenvalue weighted by atomic mass is 16.5. The Bertz CT molecular complexity index is 728. The minimum atomic E-state index is -0.0630. The zero-order valence-corrected chi connectivity index (χ0v) is 13.4. The van der Waals surface area contributed by atoms with Gasteiger partial charge in [0, 0.05) is 25.2 Å². The zero-order valence-electron chi connectivity index (χ0n) is 13.4. The van der Waals surface area contributed by atoms with E-state index in [9.17, 15) is 4.79 Å². The lowest BCUT2D eigenvalue weighted by molar-refractivity contribution is -0.0360. The van der Waals surface area contributed by atoms with Crippen LogP contribution in [0.4, 0.5) is 11.4 Å². The fourth-order valence-corrected chi connectivity index (χ4v) is 3.32. The predicted octanol–water partition coefficient (Wildman–Crippen LogP) is 2.29.